The lowest BCUT2D eigenvalue weighted by atomic mass is 10.0. The van der Waals surface area contributed by atoms with Gasteiger partial charge >= 0.3 is 0 Å². The van der Waals surface area contributed by atoms with Crippen molar-refractivity contribution in [2.45, 2.75) is 36.4 Å². The maximum atomic E-state index is 12.9. The Morgan fingerprint density at radius 2 is 2.08 bits per heavy atom. The number of hydrogen-bond acceptors (Lipinski definition) is 4. The van der Waals surface area contributed by atoms with Crippen LogP contribution in [0.3, 0.4) is 0 Å². The van der Waals surface area contributed by atoms with Crippen molar-refractivity contribution in [3.8, 4) is 17.3 Å². The Kier molecular flexibility index (Phi) is 4.86. The first-order valence-electron chi connectivity index (χ1n) is 7.76. The van der Waals surface area contributed by atoms with E-state index in [4.69, 9.17) is 0 Å². The van der Waals surface area contributed by atoms with Gasteiger partial charge in [0, 0.05) is 0 Å². The highest BCUT2D eigenvalue weighted by Gasteiger charge is 2.35. The number of nitrogens with zero attached hydrogens (tertiary/aromatic N) is 2. The van der Waals surface area contributed by atoms with Gasteiger partial charge in [-0.15, -0.1) is 0 Å². The molecule has 1 aliphatic rings. The molecule has 1 amide bonds. The summed E-state index contributed by atoms with van der Waals surface area (Å²) < 4.78 is 12.9. The standard InChI is InChI=1S/C17H17FN4OS/c18-13-5-3-12(4-6-13)14-9-20-16(21-14)24-10-15(23)22-17(11-19)7-1-2-8-17/h3-6,9H,1-2,7-8,10H2,(H,20,21)(H,22,23). The van der Waals surface area contributed by atoms with Crippen LogP contribution in [0.1, 0.15) is 25.7 Å². The summed E-state index contributed by atoms with van der Waals surface area (Å²) in [6, 6.07) is 8.35. The molecule has 0 aliphatic heterocycles. The minimum Gasteiger partial charge on any atom is -0.337 e. The van der Waals surface area contributed by atoms with Crippen LogP contribution in [0.4, 0.5) is 4.39 Å². The molecule has 0 saturated heterocycles. The predicted octanol–water partition coefficient (Wildman–Crippen LogP) is 3.26. The maximum Gasteiger partial charge on any atom is 0.231 e. The summed E-state index contributed by atoms with van der Waals surface area (Å²) in [5.74, 6) is -0.258. The minimum atomic E-state index is -0.694. The van der Waals surface area contributed by atoms with Crippen LogP contribution in [0.15, 0.2) is 35.6 Å². The van der Waals surface area contributed by atoms with E-state index in [2.05, 4.69) is 21.4 Å². The van der Waals surface area contributed by atoms with Gasteiger partial charge in [0.25, 0.3) is 0 Å². The van der Waals surface area contributed by atoms with Crippen molar-refractivity contribution in [2.75, 3.05) is 5.75 Å². The van der Waals surface area contributed by atoms with Crippen molar-refractivity contribution < 1.29 is 9.18 Å². The summed E-state index contributed by atoms with van der Waals surface area (Å²) in [5.41, 5.74) is 0.900. The van der Waals surface area contributed by atoms with Gasteiger partial charge in [-0.05, 0) is 55.5 Å². The fourth-order valence-electron chi connectivity index (χ4n) is 2.83. The summed E-state index contributed by atoms with van der Waals surface area (Å²) >= 11 is 1.28. The summed E-state index contributed by atoms with van der Waals surface area (Å²) in [4.78, 5) is 19.4. The highest BCUT2D eigenvalue weighted by atomic mass is 32.2. The molecule has 0 bridgehead atoms. The molecule has 1 heterocycles. The third kappa shape index (κ3) is 3.77. The number of amides is 1. The molecule has 1 fully saturated rings. The van der Waals surface area contributed by atoms with E-state index in [-0.39, 0.29) is 17.5 Å². The molecule has 2 N–H and O–H groups in total. The molecule has 1 aliphatic carbocycles. The van der Waals surface area contributed by atoms with Crippen LogP contribution in [0.25, 0.3) is 11.3 Å². The first kappa shape index (κ1) is 16.5. The van der Waals surface area contributed by atoms with Crippen LogP contribution >= 0.6 is 11.8 Å². The van der Waals surface area contributed by atoms with Crippen molar-refractivity contribution in [2.24, 2.45) is 0 Å². The number of H-pyrrole nitrogens is 1. The number of nitriles is 1. The van der Waals surface area contributed by atoms with Gasteiger partial charge in [-0.25, -0.2) is 9.37 Å². The molecule has 0 atom stereocenters. The fourth-order valence-corrected chi connectivity index (χ4v) is 3.48. The van der Waals surface area contributed by atoms with Crippen molar-refractivity contribution in [3.63, 3.8) is 0 Å². The molecular weight excluding hydrogens is 327 g/mol. The van der Waals surface area contributed by atoms with Gasteiger partial charge in [0.15, 0.2) is 5.16 Å². The molecule has 2 aromatic rings. The van der Waals surface area contributed by atoms with Crippen LogP contribution in [0.2, 0.25) is 0 Å². The topological polar surface area (TPSA) is 81.6 Å². The lowest BCUT2D eigenvalue weighted by Gasteiger charge is -2.21. The number of rotatable bonds is 5. The van der Waals surface area contributed by atoms with Gasteiger partial charge < -0.3 is 10.3 Å². The zero-order valence-electron chi connectivity index (χ0n) is 13.0. The molecule has 1 aromatic carbocycles. The number of aromatic amines is 1. The van der Waals surface area contributed by atoms with E-state index >= 15 is 0 Å². The normalized spacial score (nSPS) is 15.8. The van der Waals surface area contributed by atoms with Crippen molar-refractivity contribution >= 4 is 17.7 Å². The average molecular weight is 344 g/mol. The molecule has 3 rings (SSSR count). The number of thioether (sulfide) groups is 1. The van der Waals surface area contributed by atoms with E-state index in [0.717, 1.165) is 36.9 Å². The highest BCUT2D eigenvalue weighted by Crippen LogP contribution is 2.29. The fraction of sp³-hybridized carbons (Fsp3) is 0.353. The molecule has 1 aromatic heterocycles. The van der Waals surface area contributed by atoms with E-state index in [1.54, 1.807) is 18.3 Å². The second kappa shape index (κ2) is 7.05. The molecular formula is C17H17FN4OS. The third-order valence-electron chi connectivity index (χ3n) is 4.10. The number of halogens is 1. The van der Waals surface area contributed by atoms with Gasteiger partial charge in [-0.3, -0.25) is 4.79 Å². The summed E-state index contributed by atoms with van der Waals surface area (Å²) in [7, 11) is 0. The Bertz CT molecular complexity index is 760. The molecule has 24 heavy (non-hydrogen) atoms. The molecule has 0 spiro atoms. The molecule has 124 valence electrons. The second-order valence-corrected chi connectivity index (χ2v) is 6.81. The Labute approximate surface area is 143 Å². The molecule has 5 nitrogen and oxygen atoms in total. The Morgan fingerprint density at radius 3 is 2.75 bits per heavy atom. The van der Waals surface area contributed by atoms with Crippen LogP contribution in [0, 0.1) is 17.1 Å². The summed E-state index contributed by atoms with van der Waals surface area (Å²) in [5, 5.41) is 12.7. The number of nitrogens with one attached hydrogen (secondary N) is 2. The number of hydrogen-bond donors (Lipinski definition) is 2. The number of carbonyl (C=O) groups excluding carboxylic acids is 1. The second-order valence-electron chi connectivity index (χ2n) is 5.85. The zero-order chi connectivity index (χ0) is 17.0. The van der Waals surface area contributed by atoms with Crippen molar-refractivity contribution in [1.82, 2.24) is 15.3 Å². The molecule has 7 heteroatoms. The molecule has 1 saturated carbocycles. The van der Waals surface area contributed by atoms with Gasteiger partial charge in [0.05, 0.1) is 23.7 Å². The number of imidazole rings is 1. The maximum absolute atomic E-state index is 12.9. The quantitative estimate of drug-likeness (QED) is 0.816. The average Bonchev–Trinajstić information content (AvgIpc) is 3.24. The predicted molar refractivity (Wildman–Crippen MR) is 89.7 cm³/mol. The lowest BCUT2D eigenvalue weighted by Crippen LogP contribution is -2.45. The lowest BCUT2D eigenvalue weighted by molar-refractivity contribution is -0.119. The van der Waals surface area contributed by atoms with Crippen molar-refractivity contribution in [1.29, 1.82) is 5.26 Å². The number of aromatic nitrogens is 2. The summed E-state index contributed by atoms with van der Waals surface area (Å²) in [6.07, 6.45) is 5.03. The molecule has 0 radical (unpaired) electrons. The Morgan fingerprint density at radius 1 is 1.38 bits per heavy atom. The van der Waals surface area contributed by atoms with Gasteiger partial charge in [-0.1, -0.05) is 11.8 Å². The number of carbonyl (C=O) groups is 1. The van der Waals surface area contributed by atoms with Gasteiger partial charge in [0.1, 0.15) is 11.4 Å². The van der Waals surface area contributed by atoms with E-state index in [1.807, 2.05) is 0 Å². The number of benzene rings is 1. The monoisotopic (exact) mass is 344 g/mol. The Hall–Kier alpha value is -2.33. The highest BCUT2D eigenvalue weighted by molar-refractivity contribution is 7.99. The van der Waals surface area contributed by atoms with Crippen LogP contribution in [-0.4, -0.2) is 27.2 Å². The third-order valence-corrected chi connectivity index (χ3v) is 4.98. The van der Waals surface area contributed by atoms with Crippen molar-refractivity contribution in [3.05, 3.63) is 36.3 Å². The van der Waals surface area contributed by atoms with E-state index < -0.39 is 5.54 Å². The first-order chi connectivity index (χ1) is 11.6. The SMILES string of the molecule is N#CC1(NC(=O)CSc2ncc(-c3ccc(F)cc3)[nH]2)CCCC1. The van der Waals surface area contributed by atoms with Crippen LogP contribution < -0.4 is 5.32 Å². The minimum absolute atomic E-state index is 0.164. The summed E-state index contributed by atoms with van der Waals surface area (Å²) in [6.45, 7) is 0. The first-order valence-corrected chi connectivity index (χ1v) is 8.75. The zero-order valence-corrected chi connectivity index (χ0v) is 13.8. The Balaban J connectivity index is 1.56. The largest absolute Gasteiger partial charge is 0.337 e. The van der Waals surface area contributed by atoms with E-state index in [0.29, 0.717) is 5.16 Å². The van der Waals surface area contributed by atoms with E-state index in [9.17, 15) is 14.4 Å². The van der Waals surface area contributed by atoms with Gasteiger partial charge in [0.2, 0.25) is 5.91 Å². The molecule has 0 unspecified atom stereocenters. The van der Waals surface area contributed by atoms with E-state index in [1.165, 1.54) is 23.9 Å². The van der Waals surface area contributed by atoms with Crippen LogP contribution in [-0.2, 0) is 4.79 Å². The van der Waals surface area contributed by atoms with Crippen LogP contribution in [0.5, 0.6) is 0 Å². The van der Waals surface area contributed by atoms with Gasteiger partial charge in [-0.2, -0.15) is 5.26 Å². The smallest absolute Gasteiger partial charge is 0.231 e.